The zero-order chi connectivity index (χ0) is 12.4. The lowest BCUT2D eigenvalue weighted by atomic mass is 10.0. The maximum absolute atomic E-state index is 2.34. The van der Waals surface area contributed by atoms with Crippen LogP contribution in [-0.2, 0) is 0 Å². The second-order valence-corrected chi connectivity index (χ2v) is 6.78. The first kappa shape index (κ1) is 12.1. The zero-order valence-corrected chi connectivity index (χ0v) is 12.6. The third-order valence-corrected chi connectivity index (χ3v) is 6.06. The molecule has 0 N–H and O–H groups in total. The van der Waals surface area contributed by atoms with E-state index >= 15 is 0 Å². The summed E-state index contributed by atoms with van der Waals surface area (Å²) in [7, 11) is -0.329. The van der Waals surface area contributed by atoms with Gasteiger partial charge in [-0.25, -0.2) is 0 Å². The maximum Gasteiger partial charge on any atom is 0.0882 e. The summed E-state index contributed by atoms with van der Waals surface area (Å²) in [5.41, 5.74) is 5.87. The van der Waals surface area contributed by atoms with E-state index in [1.165, 1.54) is 27.4 Å². The normalized spacial score (nSPS) is 11.3. The third kappa shape index (κ3) is 2.50. The van der Waals surface area contributed by atoms with Crippen LogP contribution in [0.2, 0.25) is 0 Å². The molecule has 0 bridgehead atoms. The van der Waals surface area contributed by atoms with E-state index in [0.29, 0.717) is 0 Å². The summed E-state index contributed by atoms with van der Waals surface area (Å²) in [6, 6.07) is 13.3. The van der Waals surface area contributed by atoms with E-state index < -0.39 is 0 Å². The monoisotopic (exact) mass is 240 g/mol. The van der Waals surface area contributed by atoms with E-state index in [4.69, 9.17) is 0 Å². The lowest BCUT2D eigenvalue weighted by Gasteiger charge is -2.14. The molecule has 2 rings (SSSR count). The van der Waals surface area contributed by atoms with Crippen molar-refractivity contribution >= 4 is 19.9 Å². The Labute approximate surface area is 107 Å². The Kier molecular flexibility index (Phi) is 3.48. The Balaban J connectivity index is 2.43. The van der Waals surface area contributed by atoms with Crippen LogP contribution in [0.4, 0.5) is 0 Å². The first-order valence-electron chi connectivity index (χ1n) is 6.20. The van der Waals surface area contributed by atoms with Gasteiger partial charge in [-0.2, -0.15) is 0 Å². The Hall–Kier alpha value is -1.34. The van der Waals surface area contributed by atoms with Gasteiger partial charge in [0.15, 0.2) is 0 Å². The van der Waals surface area contributed by atoms with Gasteiger partial charge in [-0.3, -0.25) is 0 Å². The van der Waals surface area contributed by atoms with E-state index in [0.717, 1.165) is 0 Å². The SMILES string of the molecule is Cc1cc(C)c([SiH2]c2ccccc2)c(C)c1C. The van der Waals surface area contributed by atoms with Gasteiger partial charge in [-0.05, 0) is 44.4 Å². The molecular formula is C16H20Si. The summed E-state index contributed by atoms with van der Waals surface area (Å²) in [4.78, 5) is 0. The second kappa shape index (κ2) is 4.88. The molecule has 2 aromatic rings. The second-order valence-electron chi connectivity index (χ2n) is 4.90. The molecule has 0 saturated heterocycles. The lowest BCUT2D eigenvalue weighted by Crippen LogP contribution is -2.31. The first-order valence-corrected chi connectivity index (χ1v) is 7.61. The fourth-order valence-corrected chi connectivity index (χ4v) is 4.24. The Morgan fingerprint density at radius 2 is 1.41 bits per heavy atom. The van der Waals surface area contributed by atoms with Crippen LogP contribution in [0.15, 0.2) is 36.4 Å². The van der Waals surface area contributed by atoms with Crippen molar-refractivity contribution < 1.29 is 0 Å². The summed E-state index contributed by atoms with van der Waals surface area (Å²) in [6.07, 6.45) is 0. The minimum absolute atomic E-state index is 0.329. The molecule has 0 nitrogen and oxygen atoms in total. The molecule has 0 saturated carbocycles. The van der Waals surface area contributed by atoms with Gasteiger partial charge in [0.25, 0.3) is 0 Å². The number of hydrogen-bond donors (Lipinski definition) is 0. The number of rotatable bonds is 2. The van der Waals surface area contributed by atoms with Gasteiger partial charge < -0.3 is 0 Å². The quantitative estimate of drug-likeness (QED) is 0.705. The Morgan fingerprint density at radius 1 is 0.765 bits per heavy atom. The molecule has 0 aromatic heterocycles. The van der Waals surface area contributed by atoms with Gasteiger partial charge in [0.2, 0.25) is 0 Å². The highest BCUT2D eigenvalue weighted by molar-refractivity contribution is 6.68. The predicted molar refractivity (Wildman–Crippen MR) is 79.6 cm³/mol. The number of aryl methyl sites for hydroxylation is 2. The van der Waals surface area contributed by atoms with Crippen LogP contribution in [0.25, 0.3) is 0 Å². The van der Waals surface area contributed by atoms with Gasteiger partial charge in [0, 0.05) is 0 Å². The van der Waals surface area contributed by atoms with Gasteiger partial charge in [0.05, 0.1) is 9.52 Å². The highest BCUT2D eigenvalue weighted by Crippen LogP contribution is 2.12. The van der Waals surface area contributed by atoms with Crippen LogP contribution < -0.4 is 10.4 Å². The number of benzene rings is 2. The van der Waals surface area contributed by atoms with E-state index in [1.54, 1.807) is 5.19 Å². The molecule has 0 atom stereocenters. The number of hydrogen-bond acceptors (Lipinski definition) is 0. The van der Waals surface area contributed by atoms with Crippen molar-refractivity contribution in [2.45, 2.75) is 27.7 Å². The minimum Gasteiger partial charge on any atom is -0.0633 e. The van der Waals surface area contributed by atoms with Crippen molar-refractivity contribution in [2.24, 2.45) is 0 Å². The summed E-state index contributed by atoms with van der Waals surface area (Å²) in [6.45, 7) is 8.99. The molecule has 0 aliphatic heterocycles. The predicted octanol–water partition coefficient (Wildman–Crippen LogP) is 2.04. The molecule has 0 heterocycles. The smallest absolute Gasteiger partial charge is 0.0633 e. The van der Waals surface area contributed by atoms with Crippen molar-refractivity contribution in [3.05, 3.63) is 58.7 Å². The maximum atomic E-state index is 2.34. The molecule has 88 valence electrons. The molecule has 0 aliphatic rings. The topological polar surface area (TPSA) is 0 Å². The van der Waals surface area contributed by atoms with Crippen LogP contribution in [-0.4, -0.2) is 9.52 Å². The fraction of sp³-hybridized carbons (Fsp3) is 0.250. The van der Waals surface area contributed by atoms with Gasteiger partial charge in [0.1, 0.15) is 0 Å². The van der Waals surface area contributed by atoms with Crippen LogP contribution >= 0.6 is 0 Å². The largest absolute Gasteiger partial charge is 0.0882 e. The zero-order valence-electron chi connectivity index (χ0n) is 11.2. The molecule has 0 fully saturated rings. The highest BCUT2D eigenvalue weighted by Gasteiger charge is 2.08. The highest BCUT2D eigenvalue weighted by atomic mass is 28.2. The van der Waals surface area contributed by atoms with Crippen molar-refractivity contribution in [3.8, 4) is 0 Å². The minimum atomic E-state index is -0.329. The summed E-state index contributed by atoms with van der Waals surface area (Å²) in [5.74, 6) is 0. The molecule has 0 radical (unpaired) electrons. The van der Waals surface area contributed by atoms with Crippen LogP contribution in [0.3, 0.4) is 0 Å². The molecule has 2 aromatic carbocycles. The summed E-state index contributed by atoms with van der Waals surface area (Å²) < 4.78 is 0. The molecular weight excluding hydrogens is 220 g/mol. The standard InChI is InChI=1S/C16H20Si/c1-11-10-12(2)16(14(4)13(11)3)17-15-8-6-5-7-9-15/h5-10H,17H2,1-4H3. The Bertz CT molecular complexity index is 527. The van der Waals surface area contributed by atoms with E-state index in [9.17, 15) is 0 Å². The average Bonchev–Trinajstić information content (AvgIpc) is 2.33. The molecule has 0 unspecified atom stereocenters. The molecule has 0 spiro atoms. The van der Waals surface area contributed by atoms with Gasteiger partial charge in [-0.1, -0.05) is 52.3 Å². The Morgan fingerprint density at radius 3 is 2.06 bits per heavy atom. The molecule has 0 aliphatic carbocycles. The molecule has 1 heteroatoms. The van der Waals surface area contributed by atoms with E-state index in [-0.39, 0.29) is 9.52 Å². The van der Waals surface area contributed by atoms with Crippen LogP contribution in [0, 0.1) is 27.7 Å². The molecule has 17 heavy (non-hydrogen) atoms. The summed E-state index contributed by atoms with van der Waals surface area (Å²) >= 11 is 0. The molecule has 0 amide bonds. The van der Waals surface area contributed by atoms with Crippen LogP contribution in [0.5, 0.6) is 0 Å². The van der Waals surface area contributed by atoms with Gasteiger partial charge >= 0.3 is 0 Å². The van der Waals surface area contributed by atoms with Crippen molar-refractivity contribution in [1.29, 1.82) is 0 Å². The third-order valence-electron chi connectivity index (χ3n) is 3.74. The van der Waals surface area contributed by atoms with E-state index in [1.807, 2.05) is 0 Å². The van der Waals surface area contributed by atoms with E-state index in [2.05, 4.69) is 64.1 Å². The summed E-state index contributed by atoms with van der Waals surface area (Å²) in [5, 5.41) is 3.15. The lowest BCUT2D eigenvalue weighted by molar-refractivity contribution is 1.26. The van der Waals surface area contributed by atoms with Crippen molar-refractivity contribution in [3.63, 3.8) is 0 Å². The van der Waals surface area contributed by atoms with Crippen LogP contribution in [0.1, 0.15) is 22.3 Å². The van der Waals surface area contributed by atoms with Crippen molar-refractivity contribution in [2.75, 3.05) is 0 Å². The average molecular weight is 240 g/mol. The van der Waals surface area contributed by atoms with Gasteiger partial charge in [-0.15, -0.1) is 0 Å². The fourth-order valence-electron chi connectivity index (χ4n) is 2.41. The van der Waals surface area contributed by atoms with Crippen molar-refractivity contribution in [1.82, 2.24) is 0 Å². The first-order chi connectivity index (χ1) is 8.09.